The topological polar surface area (TPSA) is 102 Å². The maximum absolute atomic E-state index is 14.8. The zero-order valence-electron chi connectivity index (χ0n) is 18.7. The maximum Gasteiger partial charge on any atom is 0.435 e. The number of halogens is 4. The number of hydrogen-bond donors (Lipinski definition) is 3. The summed E-state index contributed by atoms with van der Waals surface area (Å²) < 4.78 is 55.6. The van der Waals surface area contributed by atoms with Crippen LogP contribution in [0.5, 0.6) is 0 Å². The predicted octanol–water partition coefficient (Wildman–Crippen LogP) is 2.46. The first-order valence-corrected chi connectivity index (χ1v) is 10.6. The van der Waals surface area contributed by atoms with Crippen molar-refractivity contribution in [3.05, 3.63) is 47.2 Å². The van der Waals surface area contributed by atoms with E-state index in [0.29, 0.717) is 25.2 Å². The van der Waals surface area contributed by atoms with Gasteiger partial charge in [0.05, 0.1) is 5.69 Å². The fourth-order valence-corrected chi connectivity index (χ4v) is 3.56. The van der Waals surface area contributed by atoms with Crippen LogP contribution in [0.4, 0.5) is 33.9 Å². The average Bonchev–Trinajstić information content (AvgIpc) is 2.81. The van der Waals surface area contributed by atoms with Gasteiger partial charge < -0.3 is 15.5 Å². The van der Waals surface area contributed by atoms with Crippen molar-refractivity contribution in [1.82, 2.24) is 25.5 Å². The van der Waals surface area contributed by atoms with Crippen molar-refractivity contribution in [1.29, 1.82) is 0 Å². The lowest BCUT2D eigenvalue weighted by Gasteiger charge is -2.37. The van der Waals surface area contributed by atoms with Crippen LogP contribution in [-0.4, -0.2) is 66.6 Å². The molecule has 13 heteroatoms. The minimum Gasteiger partial charge on any atom is -0.367 e. The lowest BCUT2D eigenvalue weighted by Crippen LogP contribution is -2.46. The Hall–Kier alpha value is -3.48. The van der Waals surface area contributed by atoms with Crippen molar-refractivity contribution in [2.45, 2.75) is 19.6 Å². The van der Waals surface area contributed by atoms with Crippen LogP contribution in [0.1, 0.15) is 28.7 Å². The van der Waals surface area contributed by atoms with E-state index in [1.54, 1.807) is 11.8 Å². The van der Waals surface area contributed by atoms with Crippen LogP contribution in [0, 0.1) is 5.82 Å². The molecule has 3 N–H and O–H groups in total. The molecule has 2 aromatic heterocycles. The summed E-state index contributed by atoms with van der Waals surface area (Å²) in [5.41, 5.74) is -1.24. The van der Waals surface area contributed by atoms with E-state index in [1.807, 2.05) is 4.90 Å². The van der Waals surface area contributed by atoms with Crippen molar-refractivity contribution < 1.29 is 27.2 Å². The van der Waals surface area contributed by atoms with Crippen LogP contribution in [0.2, 0.25) is 0 Å². The largest absolute Gasteiger partial charge is 0.435 e. The number of carbonyl (C=O) groups excluding carboxylic acids is 2. The van der Waals surface area contributed by atoms with E-state index in [2.05, 4.69) is 25.9 Å². The Balaban J connectivity index is 1.70. The van der Waals surface area contributed by atoms with Gasteiger partial charge in [-0.1, -0.05) is 0 Å². The Bertz CT molecular complexity index is 1040. The quantitative estimate of drug-likeness (QED) is 0.546. The molecular formula is C21H25F4N7O2. The van der Waals surface area contributed by atoms with Crippen LogP contribution in [-0.2, 0) is 12.7 Å². The van der Waals surface area contributed by atoms with E-state index in [4.69, 9.17) is 0 Å². The molecule has 34 heavy (non-hydrogen) atoms. The molecule has 0 saturated carbocycles. The molecule has 0 spiro atoms. The molecule has 0 bridgehead atoms. The molecule has 0 radical (unpaired) electrons. The number of aromatic nitrogens is 2. The maximum atomic E-state index is 14.8. The van der Waals surface area contributed by atoms with Gasteiger partial charge in [0.15, 0.2) is 17.3 Å². The second kappa shape index (κ2) is 10.6. The molecule has 1 aliphatic rings. The Labute approximate surface area is 193 Å². The summed E-state index contributed by atoms with van der Waals surface area (Å²) in [5.74, 6) is -1.56. The van der Waals surface area contributed by atoms with E-state index in [1.165, 1.54) is 31.4 Å². The predicted molar refractivity (Wildman–Crippen MR) is 117 cm³/mol. The van der Waals surface area contributed by atoms with E-state index in [9.17, 15) is 27.2 Å². The second-order valence-electron chi connectivity index (χ2n) is 7.52. The number of amides is 3. The minimum absolute atomic E-state index is 0.108. The molecule has 9 nitrogen and oxygen atoms in total. The van der Waals surface area contributed by atoms with Crippen molar-refractivity contribution in [2.75, 3.05) is 50.0 Å². The van der Waals surface area contributed by atoms with Gasteiger partial charge >= 0.3 is 12.2 Å². The second-order valence-corrected chi connectivity index (χ2v) is 7.52. The summed E-state index contributed by atoms with van der Waals surface area (Å²) in [4.78, 5) is 34.2. The molecule has 3 amide bonds. The van der Waals surface area contributed by atoms with Crippen molar-refractivity contribution in [3.8, 4) is 0 Å². The van der Waals surface area contributed by atoms with Gasteiger partial charge in [-0.2, -0.15) is 13.2 Å². The highest BCUT2D eigenvalue weighted by Crippen LogP contribution is 2.35. The third-order valence-electron chi connectivity index (χ3n) is 5.25. The lowest BCUT2D eigenvalue weighted by molar-refractivity contribution is -0.140. The average molecular weight is 483 g/mol. The normalized spacial score (nSPS) is 14.6. The fraction of sp³-hybridized carbons (Fsp3) is 0.429. The molecule has 1 saturated heterocycles. The number of hydrogen-bond acceptors (Lipinski definition) is 6. The van der Waals surface area contributed by atoms with E-state index in [0.717, 1.165) is 0 Å². The Kier molecular flexibility index (Phi) is 7.87. The van der Waals surface area contributed by atoms with Gasteiger partial charge in [-0.05, 0) is 25.1 Å². The van der Waals surface area contributed by atoms with Gasteiger partial charge in [0.2, 0.25) is 0 Å². The SMILES string of the molecule is CCNC(=O)Nc1nccc(CN2CCN(c3ccc(C(=O)NC)nc3C(F)(F)F)CC2)c1F. The number of anilines is 2. The zero-order chi connectivity index (χ0) is 24.9. The number of carbonyl (C=O) groups is 2. The molecule has 0 aromatic carbocycles. The third-order valence-corrected chi connectivity index (χ3v) is 5.25. The van der Waals surface area contributed by atoms with Crippen LogP contribution < -0.4 is 20.9 Å². The summed E-state index contributed by atoms with van der Waals surface area (Å²) in [6, 6.07) is 3.42. The number of pyridine rings is 2. The Morgan fingerprint density at radius 1 is 1.12 bits per heavy atom. The van der Waals surface area contributed by atoms with Gasteiger partial charge in [-0.25, -0.2) is 19.2 Å². The number of urea groups is 1. The van der Waals surface area contributed by atoms with Crippen molar-refractivity contribution in [2.24, 2.45) is 0 Å². The molecule has 1 fully saturated rings. The first kappa shape index (κ1) is 25.1. The molecule has 2 aromatic rings. The van der Waals surface area contributed by atoms with Crippen LogP contribution >= 0.6 is 0 Å². The van der Waals surface area contributed by atoms with Gasteiger partial charge in [-0.3, -0.25) is 15.0 Å². The molecule has 184 valence electrons. The summed E-state index contributed by atoms with van der Waals surface area (Å²) in [6.45, 7) is 3.54. The first-order chi connectivity index (χ1) is 16.1. The number of nitrogens with one attached hydrogen (secondary N) is 3. The van der Waals surface area contributed by atoms with Gasteiger partial charge in [0.1, 0.15) is 5.69 Å². The number of piperazine rings is 1. The number of nitrogens with zero attached hydrogens (tertiary/aromatic N) is 4. The van der Waals surface area contributed by atoms with Crippen molar-refractivity contribution in [3.63, 3.8) is 0 Å². The first-order valence-electron chi connectivity index (χ1n) is 10.6. The molecule has 3 heterocycles. The monoisotopic (exact) mass is 483 g/mol. The van der Waals surface area contributed by atoms with E-state index >= 15 is 0 Å². The smallest absolute Gasteiger partial charge is 0.367 e. The Morgan fingerprint density at radius 2 is 1.82 bits per heavy atom. The van der Waals surface area contributed by atoms with Gasteiger partial charge in [0, 0.05) is 58.1 Å². The third kappa shape index (κ3) is 5.90. The highest BCUT2D eigenvalue weighted by molar-refractivity contribution is 5.92. The van der Waals surface area contributed by atoms with Crippen molar-refractivity contribution >= 4 is 23.4 Å². The van der Waals surface area contributed by atoms with Crippen LogP contribution in [0.15, 0.2) is 24.4 Å². The number of rotatable bonds is 6. The van der Waals surface area contributed by atoms with Crippen LogP contribution in [0.25, 0.3) is 0 Å². The zero-order valence-corrected chi connectivity index (χ0v) is 18.7. The van der Waals surface area contributed by atoms with Gasteiger partial charge in [0.25, 0.3) is 5.91 Å². The Morgan fingerprint density at radius 3 is 2.44 bits per heavy atom. The molecule has 1 aliphatic heterocycles. The molecule has 0 atom stereocenters. The van der Waals surface area contributed by atoms with Gasteiger partial charge in [-0.15, -0.1) is 0 Å². The van der Waals surface area contributed by atoms with E-state index in [-0.39, 0.29) is 36.8 Å². The molecule has 3 rings (SSSR count). The highest BCUT2D eigenvalue weighted by atomic mass is 19.4. The fourth-order valence-electron chi connectivity index (χ4n) is 3.56. The number of alkyl halides is 3. The lowest BCUT2D eigenvalue weighted by atomic mass is 10.1. The molecule has 0 aliphatic carbocycles. The summed E-state index contributed by atoms with van der Waals surface area (Å²) in [5, 5.41) is 7.10. The summed E-state index contributed by atoms with van der Waals surface area (Å²) >= 11 is 0. The summed E-state index contributed by atoms with van der Waals surface area (Å²) in [6.07, 6.45) is -3.35. The summed E-state index contributed by atoms with van der Waals surface area (Å²) in [7, 11) is 1.31. The standard InChI is InChI=1S/C21H25F4N7O2/c1-3-27-20(34)30-18-16(22)13(6-7-28-18)12-31-8-10-32(11-9-31)15-5-4-14(19(33)26-2)29-17(15)21(23,24)25/h4-7H,3,8-12H2,1-2H3,(H,26,33)(H2,27,28,30,34). The molecular weight excluding hydrogens is 458 g/mol. The molecule has 0 unspecified atom stereocenters. The highest BCUT2D eigenvalue weighted by Gasteiger charge is 2.38. The minimum atomic E-state index is -4.73. The van der Waals surface area contributed by atoms with Crippen LogP contribution in [0.3, 0.4) is 0 Å². The van der Waals surface area contributed by atoms with E-state index < -0.39 is 29.6 Å².